The van der Waals surface area contributed by atoms with Crippen LogP contribution in [0, 0.1) is 0 Å². The molecule has 0 heterocycles. The molecule has 4 aromatic rings. The standard InChI is InChI=1S/C32H34O6/c33-31(34)27-11-9-25-21-29(15-13-23(25)19-27)37-17-7-5-3-1-2-4-6-8-18-38-30-16-14-24-20-28(32(35)36)12-10-26(24)22-30/h9-16,19-22H,1-8,17-18H2,(H,33,34)(H,35,36). The summed E-state index contributed by atoms with van der Waals surface area (Å²) in [6, 6.07) is 21.8. The van der Waals surface area contributed by atoms with Gasteiger partial charge < -0.3 is 19.7 Å². The molecular weight excluding hydrogens is 480 g/mol. The molecule has 0 aliphatic rings. The molecule has 4 aromatic carbocycles. The Labute approximate surface area is 222 Å². The molecule has 0 aromatic heterocycles. The van der Waals surface area contributed by atoms with E-state index in [4.69, 9.17) is 19.7 Å². The van der Waals surface area contributed by atoms with Crippen LogP contribution in [0.5, 0.6) is 11.5 Å². The molecule has 0 aliphatic carbocycles. The molecule has 0 aliphatic heterocycles. The first kappa shape index (κ1) is 27.0. The van der Waals surface area contributed by atoms with Crippen LogP contribution < -0.4 is 9.47 Å². The number of ether oxygens (including phenoxy) is 2. The van der Waals surface area contributed by atoms with E-state index in [-0.39, 0.29) is 0 Å². The first-order chi connectivity index (χ1) is 18.5. The minimum absolute atomic E-state index is 0.292. The summed E-state index contributed by atoms with van der Waals surface area (Å²) in [6.45, 7) is 1.37. The fourth-order valence-electron chi connectivity index (χ4n) is 4.54. The maximum atomic E-state index is 11.1. The van der Waals surface area contributed by atoms with Crippen molar-refractivity contribution in [1.29, 1.82) is 0 Å². The number of carbonyl (C=O) groups is 2. The van der Waals surface area contributed by atoms with Crippen molar-refractivity contribution >= 4 is 33.5 Å². The Balaban J connectivity index is 1.02. The second kappa shape index (κ2) is 13.5. The lowest BCUT2D eigenvalue weighted by atomic mass is 10.1. The fourth-order valence-corrected chi connectivity index (χ4v) is 4.54. The van der Waals surface area contributed by atoms with Crippen molar-refractivity contribution < 1.29 is 29.3 Å². The number of benzene rings is 4. The summed E-state index contributed by atoms with van der Waals surface area (Å²) < 4.78 is 11.8. The smallest absolute Gasteiger partial charge is 0.335 e. The Kier molecular flexibility index (Phi) is 9.57. The van der Waals surface area contributed by atoms with Crippen molar-refractivity contribution in [3.63, 3.8) is 0 Å². The Bertz CT molecular complexity index is 1290. The molecule has 2 N–H and O–H groups in total. The molecule has 38 heavy (non-hydrogen) atoms. The summed E-state index contributed by atoms with van der Waals surface area (Å²) >= 11 is 0. The lowest BCUT2D eigenvalue weighted by molar-refractivity contribution is 0.0686. The normalized spacial score (nSPS) is 11.1. The van der Waals surface area contributed by atoms with Crippen molar-refractivity contribution in [2.24, 2.45) is 0 Å². The third kappa shape index (κ3) is 7.72. The van der Waals surface area contributed by atoms with Crippen LogP contribution in [0.25, 0.3) is 21.5 Å². The monoisotopic (exact) mass is 514 g/mol. The highest BCUT2D eigenvalue weighted by atomic mass is 16.5. The van der Waals surface area contributed by atoms with Crippen molar-refractivity contribution in [3.8, 4) is 11.5 Å². The second-order valence-corrected chi connectivity index (χ2v) is 9.58. The van der Waals surface area contributed by atoms with Gasteiger partial charge in [0.05, 0.1) is 24.3 Å². The van der Waals surface area contributed by atoms with Crippen molar-refractivity contribution in [2.45, 2.75) is 51.4 Å². The molecule has 0 radical (unpaired) electrons. The molecule has 0 saturated carbocycles. The average Bonchev–Trinajstić information content (AvgIpc) is 2.92. The van der Waals surface area contributed by atoms with Crippen LogP contribution in [0.2, 0.25) is 0 Å². The van der Waals surface area contributed by atoms with Crippen molar-refractivity contribution in [3.05, 3.63) is 83.9 Å². The minimum atomic E-state index is -0.917. The lowest BCUT2D eigenvalue weighted by Crippen LogP contribution is -1.98. The molecular formula is C32H34O6. The Morgan fingerprint density at radius 1 is 0.474 bits per heavy atom. The van der Waals surface area contributed by atoms with Gasteiger partial charge in [0.15, 0.2) is 0 Å². The zero-order valence-electron chi connectivity index (χ0n) is 21.5. The van der Waals surface area contributed by atoms with E-state index in [1.807, 2.05) is 48.5 Å². The van der Waals surface area contributed by atoms with Crippen LogP contribution in [0.15, 0.2) is 72.8 Å². The van der Waals surface area contributed by atoms with E-state index >= 15 is 0 Å². The van der Waals surface area contributed by atoms with E-state index < -0.39 is 11.9 Å². The van der Waals surface area contributed by atoms with E-state index in [1.165, 1.54) is 25.7 Å². The van der Waals surface area contributed by atoms with Crippen molar-refractivity contribution in [2.75, 3.05) is 13.2 Å². The summed E-state index contributed by atoms with van der Waals surface area (Å²) in [5, 5.41) is 22.0. The van der Waals surface area contributed by atoms with Gasteiger partial charge in [-0.05, 0) is 82.9 Å². The summed E-state index contributed by atoms with van der Waals surface area (Å²) in [5.74, 6) is -0.198. The molecule has 0 unspecified atom stereocenters. The number of carboxylic acid groups (broad SMARTS) is 2. The number of aromatic carboxylic acids is 2. The highest BCUT2D eigenvalue weighted by Crippen LogP contribution is 2.24. The zero-order valence-corrected chi connectivity index (χ0v) is 21.5. The zero-order chi connectivity index (χ0) is 26.7. The van der Waals surface area contributed by atoms with E-state index in [0.717, 1.165) is 58.7 Å². The van der Waals surface area contributed by atoms with Gasteiger partial charge in [-0.25, -0.2) is 9.59 Å². The molecule has 0 spiro atoms. The molecule has 6 nitrogen and oxygen atoms in total. The maximum Gasteiger partial charge on any atom is 0.335 e. The summed E-state index contributed by atoms with van der Waals surface area (Å²) in [4.78, 5) is 22.2. The highest BCUT2D eigenvalue weighted by Gasteiger charge is 2.06. The predicted octanol–water partition coefficient (Wildman–Crippen LogP) is 7.97. The first-order valence-corrected chi connectivity index (χ1v) is 13.3. The topological polar surface area (TPSA) is 93.1 Å². The van der Waals surface area contributed by atoms with Gasteiger partial charge in [0.25, 0.3) is 0 Å². The predicted molar refractivity (Wildman–Crippen MR) is 150 cm³/mol. The molecule has 0 bridgehead atoms. The van der Waals surface area contributed by atoms with Crippen LogP contribution in [0.4, 0.5) is 0 Å². The van der Waals surface area contributed by atoms with Gasteiger partial charge in [-0.15, -0.1) is 0 Å². The second-order valence-electron chi connectivity index (χ2n) is 9.58. The first-order valence-electron chi connectivity index (χ1n) is 13.3. The van der Waals surface area contributed by atoms with Gasteiger partial charge in [0.2, 0.25) is 0 Å². The van der Waals surface area contributed by atoms with E-state index in [9.17, 15) is 9.59 Å². The van der Waals surface area contributed by atoms with Gasteiger partial charge in [-0.3, -0.25) is 0 Å². The largest absolute Gasteiger partial charge is 0.494 e. The number of fused-ring (bicyclic) bond motifs is 2. The van der Waals surface area contributed by atoms with Gasteiger partial charge in [0.1, 0.15) is 11.5 Å². The Morgan fingerprint density at radius 2 is 0.816 bits per heavy atom. The van der Waals surface area contributed by atoms with Gasteiger partial charge >= 0.3 is 11.9 Å². The number of hydrogen-bond acceptors (Lipinski definition) is 4. The lowest BCUT2D eigenvalue weighted by Gasteiger charge is -2.08. The van der Waals surface area contributed by atoms with Crippen LogP contribution in [-0.2, 0) is 0 Å². The SMILES string of the molecule is O=C(O)c1ccc2cc(OCCCCCCCCCCOc3ccc4cc(C(=O)O)ccc4c3)ccc2c1. The van der Waals surface area contributed by atoms with Gasteiger partial charge in [0, 0.05) is 0 Å². The van der Waals surface area contributed by atoms with E-state index in [2.05, 4.69) is 0 Å². The molecule has 0 atom stereocenters. The molecule has 198 valence electrons. The minimum Gasteiger partial charge on any atom is -0.494 e. The number of unbranched alkanes of at least 4 members (excludes halogenated alkanes) is 7. The quantitative estimate of drug-likeness (QED) is 0.156. The number of rotatable bonds is 15. The van der Waals surface area contributed by atoms with Crippen LogP contribution >= 0.6 is 0 Å². The molecule has 0 fully saturated rings. The van der Waals surface area contributed by atoms with Gasteiger partial charge in [-0.2, -0.15) is 0 Å². The fraction of sp³-hybridized carbons (Fsp3) is 0.312. The van der Waals surface area contributed by atoms with Crippen LogP contribution in [0.3, 0.4) is 0 Å². The van der Waals surface area contributed by atoms with Crippen molar-refractivity contribution in [1.82, 2.24) is 0 Å². The molecule has 4 rings (SSSR count). The Hall–Kier alpha value is -4.06. The molecule has 0 amide bonds. The summed E-state index contributed by atoms with van der Waals surface area (Å²) in [5.41, 5.74) is 0.585. The summed E-state index contributed by atoms with van der Waals surface area (Å²) in [7, 11) is 0. The molecule has 0 saturated heterocycles. The summed E-state index contributed by atoms with van der Waals surface area (Å²) in [6.07, 6.45) is 9.20. The van der Waals surface area contributed by atoms with Gasteiger partial charge in [-0.1, -0.05) is 62.8 Å². The van der Waals surface area contributed by atoms with Crippen LogP contribution in [0.1, 0.15) is 72.1 Å². The van der Waals surface area contributed by atoms with Crippen LogP contribution in [-0.4, -0.2) is 35.4 Å². The molecule has 6 heteroatoms. The Morgan fingerprint density at radius 3 is 1.21 bits per heavy atom. The highest BCUT2D eigenvalue weighted by molar-refractivity contribution is 5.95. The van der Waals surface area contributed by atoms with E-state index in [1.54, 1.807) is 24.3 Å². The number of hydrogen-bond donors (Lipinski definition) is 2. The average molecular weight is 515 g/mol. The third-order valence-corrected chi connectivity index (χ3v) is 6.69. The third-order valence-electron chi connectivity index (χ3n) is 6.69. The maximum absolute atomic E-state index is 11.1. The van der Waals surface area contributed by atoms with E-state index in [0.29, 0.717) is 24.3 Å². The number of carboxylic acids is 2.